The predicted molar refractivity (Wildman–Crippen MR) is 72.4 cm³/mol. The maximum absolute atomic E-state index is 10.7. The van der Waals surface area contributed by atoms with Gasteiger partial charge in [0.25, 0.3) is 0 Å². The summed E-state index contributed by atoms with van der Waals surface area (Å²) in [6.45, 7) is 5.76. The number of rotatable bonds is 2. The lowest BCUT2D eigenvalue weighted by molar-refractivity contribution is -0.235. The van der Waals surface area contributed by atoms with E-state index in [0.29, 0.717) is 18.8 Å². The third-order valence-corrected chi connectivity index (χ3v) is 5.83. The summed E-state index contributed by atoms with van der Waals surface area (Å²) in [5, 5.41) is 41.3. The van der Waals surface area contributed by atoms with Crippen LogP contribution in [-0.2, 0) is 0 Å². The van der Waals surface area contributed by atoms with Crippen molar-refractivity contribution in [2.45, 2.75) is 64.3 Å². The van der Waals surface area contributed by atoms with Crippen LogP contribution in [-0.4, -0.2) is 44.8 Å². The van der Waals surface area contributed by atoms with Crippen LogP contribution in [0.5, 0.6) is 0 Å². The minimum absolute atomic E-state index is 0.126. The number of aliphatic hydroxyl groups excluding tert-OH is 3. The number of hydrogen-bond acceptors (Lipinski definition) is 4. The van der Waals surface area contributed by atoms with Crippen molar-refractivity contribution >= 4 is 0 Å². The highest BCUT2D eigenvalue weighted by atomic mass is 16.3. The highest BCUT2D eigenvalue weighted by Crippen LogP contribution is 2.56. The molecule has 0 amide bonds. The molecule has 2 rings (SSSR count). The molecule has 4 N–H and O–H groups in total. The zero-order valence-corrected chi connectivity index (χ0v) is 12.2. The van der Waals surface area contributed by atoms with E-state index in [1.807, 2.05) is 6.92 Å². The largest absolute Gasteiger partial charge is 0.393 e. The van der Waals surface area contributed by atoms with Crippen LogP contribution in [0.1, 0.15) is 46.5 Å². The highest BCUT2D eigenvalue weighted by Gasteiger charge is 2.60. The fraction of sp³-hybridized carbons (Fsp3) is 1.00. The van der Waals surface area contributed by atoms with Gasteiger partial charge in [0.2, 0.25) is 0 Å². The minimum Gasteiger partial charge on any atom is -0.393 e. The lowest BCUT2D eigenvalue weighted by atomic mass is 9.50. The number of aliphatic hydroxyl groups is 4. The normalized spacial score (nSPS) is 51.2. The van der Waals surface area contributed by atoms with E-state index < -0.39 is 29.1 Å². The zero-order valence-electron chi connectivity index (χ0n) is 12.2. The Morgan fingerprint density at radius 3 is 2.32 bits per heavy atom. The second-order valence-corrected chi connectivity index (χ2v) is 7.24. The van der Waals surface area contributed by atoms with Crippen LogP contribution in [0.25, 0.3) is 0 Å². The fourth-order valence-electron chi connectivity index (χ4n) is 4.52. The molecule has 4 nitrogen and oxygen atoms in total. The van der Waals surface area contributed by atoms with Crippen LogP contribution in [0.3, 0.4) is 0 Å². The molecule has 112 valence electrons. The summed E-state index contributed by atoms with van der Waals surface area (Å²) in [6, 6.07) is 0. The molecule has 2 saturated carbocycles. The third kappa shape index (κ3) is 2.23. The van der Waals surface area contributed by atoms with Gasteiger partial charge in [-0.05, 0) is 37.5 Å². The smallest absolute Gasteiger partial charge is 0.0937 e. The van der Waals surface area contributed by atoms with E-state index in [9.17, 15) is 20.4 Å². The lowest BCUT2D eigenvalue weighted by Crippen LogP contribution is -2.65. The first-order valence-electron chi connectivity index (χ1n) is 7.45. The van der Waals surface area contributed by atoms with Crippen LogP contribution in [0, 0.1) is 23.2 Å². The Labute approximate surface area is 115 Å². The van der Waals surface area contributed by atoms with Gasteiger partial charge in [-0.3, -0.25) is 0 Å². The molecule has 6 atom stereocenters. The summed E-state index contributed by atoms with van der Waals surface area (Å²) in [6.07, 6.45) is 1.33. The summed E-state index contributed by atoms with van der Waals surface area (Å²) in [5.41, 5.74) is -1.76. The summed E-state index contributed by atoms with van der Waals surface area (Å²) >= 11 is 0. The van der Waals surface area contributed by atoms with Crippen LogP contribution in [0.2, 0.25) is 0 Å². The molecular formula is C15H28O4. The second kappa shape index (κ2) is 4.99. The van der Waals surface area contributed by atoms with Crippen LogP contribution in [0.15, 0.2) is 0 Å². The van der Waals surface area contributed by atoms with Gasteiger partial charge in [0.15, 0.2) is 0 Å². The van der Waals surface area contributed by atoms with Crippen molar-refractivity contribution in [2.24, 2.45) is 23.2 Å². The van der Waals surface area contributed by atoms with Crippen molar-refractivity contribution in [2.75, 3.05) is 6.61 Å². The lowest BCUT2D eigenvalue weighted by Gasteiger charge is -2.59. The first kappa shape index (κ1) is 15.2. The third-order valence-electron chi connectivity index (χ3n) is 5.83. The molecule has 0 saturated heterocycles. The molecule has 19 heavy (non-hydrogen) atoms. The molecule has 0 bridgehead atoms. The molecule has 0 heterocycles. The van der Waals surface area contributed by atoms with Gasteiger partial charge in [0.05, 0.1) is 24.4 Å². The molecule has 0 aromatic carbocycles. The summed E-state index contributed by atoms with van der Waals surface area (Å²) in [5.74, 6) is 0.0120. The Morgan fingerprint density at radius 2 is 1.79 bits per heavy atom. The average molecular weight is 272 g/mol. The second-order valence-electron chi connectivity index (χ2n) is 7.24. The van der Waals surface area contributed by atoms with Gasteiger partial charge < -0.3 is 20.4 Å². The molecule has 2 aliphatic rings. The van der Waals surface area contributed by atoms with Crippen molar-refractivity contribution in [1.29, 1.82) is 0 Å². The van der Waals surface area contributed by atoms with E-state index in [0.717, 1.165) is 12.8 Å². The quantitative estimate of drug-likeness (QED) is 0.602. The number of hydrogen-bond donors (Lipinski definition) is 4. The van der Waals surface area contributed by atoms with E-state index in [1.54, 1.807) is 0 Å². The van der Waals surface area contributed by atoms with E-state index in [1.165, 1.54) is 0 Å². The maximum Gasteiger partial charge on any atom is 0.0937 e. The monoisotopic (exact) mass is 272 g/mol. The van der Waals surface area contributed by atoms with Gasteiger partial charge >= 0.3 is 0 Å². The van der Waals surface area contributed by atoms with Crippen LogP contribution >= 0.6 is 0 Å². The molecule has 0 spiro atoms. The summed E-state index contributed by atoms with van der Waals surface area (Å²) in [4.78, 5) is 0. The summed E-state index contributed by atoms with van der Waals surface area (Å²) in [7, 11) is 0. The Balaban J connectivity index is 2.38. The fourth-order valence-corrected chi connectivity index (χ4v) is 4.52. The molecule has 0 aromatic heterocycles. The molecule has 4 heteroatoms. The van der Waals surface area contributed by atoms with E-state index in [4.69, 9.17) is 0 Å². The predicted octanol–water partition coefficient (Wildman–Crippen LogP) is 0.914. The Hall–Kier alpha value is -0.160. The molecule has 2 aliphatic carbocycles. The van der Waals surface area contributed by atoms with Gasteiger partial charge in [0.1, 0.15) is 0 Å². The highest BCUT2D eigenvalue weighted by molar-refractivity contribution is 5.10. The van der Waals surface area contributed by atoms with Crippen molar-refractivity contribution in [3.63, 3.8) is 0 Å². The molecule has 0 aromatic rings. The van der Waals surface area contributed by atoms with E-state index in [-0.39, 0.29) is 12.5 Å². The minimum atomic E-state index is -1.26. The van der Waals surface area contributed by atoms with E-state index in [2.05, 4.69) is 13.8 Å². The zero-order chi connectivity index (χ0) is 14.4. The Morgan fingerprint density at radius 1 is 1.16 bits per heavy atom. The van der Waals surface area contributed by atoms with Crippen molar-refractivity contribution < 1.29 is 20.4 Å². The first-order chi connectivity index (χ1) is 8.76. The van der Waals surface area contributed by atoms with Crippen molar-refractivity contribution in [3.05, 3.63) is 0 Å². The standard InChI is InChI=1S/C15H28O4/c1-9(2)10-4-6-14(3)11(17)5-7-15(19,8-16)13(14)12(10)18/h9-13,16-19H,4-8H2,1-3H3/t10-,11+,12-,13+,14-,15-/m0/s1. The molecule has 2 fully saturated rings. The molecule has 0 unspecified atom stereocenters. The average Bonchev–Trinajstić information content (AvgIpc) is 2.34. The molecular weight excluding hydrogens is 244 g/mol. The topological polar surface area (TPSA) is 80.9 Å². The summed E-state index contributed by atoms with van der Waals surface area (Å²) < 4.78 is 0. The molecule has 0 radical (unpaired) electrons. The van der Waals surface area contributed by atoms with Gasteiger partial charge in [-0.25, -0.2) is 0 Å². The van der Waals surface area contributed by atoms with Gasteiger partial charge in [-0.1, -0.05) is 20.8 Å². The number of fused-ring (bicyclic) bond motifs is 1. The van der Waals surface area contributed by atoms with Crippen LogP contribution in [0.4, 0.5) is 0 Å². The van der Waals surface area contributed by atoms with Crippen molar-refractivity contribution in [1.82, 2.24) is 0 Å². The van der Waals surface area contributed by atoms with Gasteiger partial charge in [-0.2, -0.15) is 0 Å². The van der Waals surface area contributed by atoms with Gasteiger partial charge in [-0.15, -0.1) is 0 Å². The van der Waals surface area contributed by atoms with Crippen molar-refractivity contribution in [3.8, 4) is 0 Å². The Bertz CT molecular complexity index is 332. The SMILES string of the molecule is CC(C)[C@@H]1CC[C@@]2(C)[C@H](O)CC[C@](O)(CO)[C@@H]2[C@H]1O. The Kier molecular flexibility index (Phi) is 4.00. The van der Waals surface area contributed by atoms with E-state index >= 15 is 0 Å². The molecule has 0 aliphatic heterocycles. The van der Waals surface area contributed by atoms with Gasteiger partial charge in [0, 0.05) is 11.3 Å². The first-order valence-corrected chi connectivity index (χ1v) is 7.45. The van der Waals surface area contributed by atoms with Crippen LogP contribution < -0.4 is 0 Å². The maximum atomic E-state index is 10.7.